The SMILES string of the molecule is O=C1NCCOCCCN(C(=O)Nc2ccccc2)[C@H]2CCCC[C@@H]12. The number of carbonyl (C=O) groups is 2. The highest BCUT2D eigenvalue weighted by Gasteiger charge is 2.37. The molecular weight excluding hydrogens is 318 g/mol. The number of nitrogens with zero attached hydrogens (tertiary/aromatic N) is 1. The molecule has 2 fully saturated rings. The van der Waals surface area contributed by atoms with Crippen molar-refractivity contribution >= 4 is 17.6 Å². The molecule has 136 valence electrons. The van der Waals surface area contributed by atoms with Gasteiger partial charge in [-0.2, -0.15) is 0 Å². The van der Waals surface area contributed by atoms with E-state index in [-0.39, 0.29) is 23.9 Å². The average Bonchev–Trinajstić information content (AvgIpc) is 2.67. The molecule has 1 aromatic rings. The Labute approximate surface area is 148 Å². The van der Waals surface area contributed by atoms with Gasteiger partial charge >= 0.3 is 6.03 Å². The summed E-state index contributed by atoms with van der Waals surface area (Å²) in [5, 5.41) is 5.94. The van der Waals surface area contributed by atoms with E-state index < -0.39 is 0 Å². The molecule has 1 saturated heterocycles. The summed E-state index contributed by atoms with van der Waals surface area (Å²) in [5.41, 5.74) is 0.773. The van der Waals surface area contributed by atoms with Gasteiger partial charge in [-0.05, 0) is 31.4 Å². The lowest BCUT2D eigenvalue weighted by Gasteiger charge is -2.39. The second-order valence-corrected chi connectivity index (χ2v) is 6.70. The molecular formula is C19H27N3O3. The molecule has 0 aromatic heterocycles. The molecule has 1 saturated carbocycles. The van der Waals surface area contributed by atoms with E-state index in [9.17, 15) is 9.59 Å². The van der Waals surface area contributed by atoms with Crippen molar-refractivity contribution in [3.63, 3.8) is 0 Å². The van der Waals surface area contributed by atoms with Gasteiger partial charge in [0, 0.05) is 31.4 Å². The van der Waals surface area contributed by atoms with Crippen molar-refractivity contribution in [3.05, 3.63) is 30.3 Å². The Morgan fingerprint density at radius 2 is 1.92 bits per heavy atom. The van der Waals surface area contributed by atoms with E-state index in [1.165, 1.54) is 0 Å². The number of para-hydroxylation sites is 1. The molecule has 0 spiro atoms. The number of urea groups is 1. The normalized spacial score (nSPS) is 25.3. The first-order valence-electron chi connectivity index (χ1n) is 9.24. The summed E-state index contributed by atoms with van der Waals surface area (Å²) in [6, 6.07) is 9.28. The first kappa shape index (κ1) is 17.7. The fourth-order valence-corrected chi connectivity index (χ4v) is 3.74. The first-order chi connectivity index (χ1) is 12.3. The zero-order valence-corrected chi connectivity index (χ0v) is 14.6. The fourth-order valence-electron chi connectivity index (χ4n) is 3.74. The maximum absolute atomic E-state index is 12.9. The van der Waals surface area contributed by atoms with Crippen molar-refractivity contribution in [2.75, 3.05) is 31.6 Å². The Morgan fingerprint density at radius 1 is 1.12 bits per heavy atom. The van der Waals surface area contributed by atoms with Gasteiger partial charge in [-0.25, -0.2) is 4.79 Å². The molecule has 6 heteroatoms. The molecule has 0 unspecified atom stereocenters. The Hall–Kier alpha value is -2.08. The Bertz CT molecular complexity index is 579. The topological polar surface area (TPSA) is 70.7 Å². The molecule has 2 N–H and O–H groups in total. The van der Waals surface area contributed by atoms with Crippen LogP contribution in [0.3, 0.4) is 0 Å². The summed E-state index contributed by atoms with van der Waals surface area (Å²) in [5.74, 6) is -0.0823. The molecule has 1 aliphatic carbocycles. The number of carbonyl (C=O) groups excluding carboxylic acids is 2. The number of rotatable bonds is 1. The van der Waals surface area contributed by atoms with Crippen LogP contribution in [0.1, 0.15) is 32.1 Å². The number of ether oxygens (including phenoxy) is 1. The zero-order valence-electron chi connectivity index (χ0n) is 14.6. The molecule has 25 heavy (non-hydrogen) atoms. The molecule has 0 bridgehead atoms. The number of hydrogen-bond donors (Lipinski definition) is 2. The van der Waals surface area contributed by atoms with Crippen LogP contribution in [0.2, 0.25) is 0 Å². The second-order valence-electron chi connectivity index (χ2n) is 6.70. The quantitative estimate of drug-likeness (QED) is 0.822. The van der Waals surface area contributed by atoms with E-state index in [1.807, 2.05) is 35.2 Å². The molecule has 1 heterocycles. The van der Waals surface area contributed by atoms with Crippen LogP contribution in [0, 0.1) is 5.92 Å². The highest BCUT2D eigenvalue weighted by molar-refractivity contribution is 5.90. The molecule has 3 rings (SSSR count). The van der Waals surface area contributed by atoms with Gasteiger partial charge in [0.05, 0.1) is 12.5 Å². The Kier molecular flexibility index (Phi) is 6.28. The predicted molar refractivity (Wildman–Crippen MR) is 96.4 cm³/mol. The summed E-state index contributed by atoms with van der Waals surface area (Å²) in [4.78, 5) is 27.4. The molecule has 6 nitrogen and oxygen atoms in total. The lowest BCUT2D eigenvalue weighted by Crippen LogP contribution is -2.52. The maximum Gasteiger partial charge on any atom is 0.322 e. The first-order valence-corrected chi connectivity index (χ1v) is 9.24. The van der Waals surface area contributed by atoms with Gasteiger partial charge in [-0.1, -0.05) is 31.0 Å². The minimum absolute atomic E-state index is 0.0458. The lowest BCUT2D eigenvalue weighted by molar-refractivity contribution is -0.128. The van der Waals surface area contributed by atoms with Crippen molar-refractivity contribution in [1.82, 2.24) is 10.2 Å². The van der Waals surface area contributed by atoms with Gasteiger partial charge in [0.1, 0.15) is 0 Å². The number of fused-ring (bicyclic) bond motifs is 1. The monoisotopic (exact) mass is 345 g/mol. The van der Waals surface area contributed by atoms with Gasteiger partial charge in [-0.3, -0.25) is 4.79 Å². The van der Waals surface area contributed by atoms with Crippen LogP contribution in [0.25, 0.3) is 0 Å². The van der Waals surface area contributed by atoms with Crippen LogP contribution in [0.4, 0.5) is 10.5 Å². The molecule has 1 aliphatic heterocycles. The number of benzene rings is 1. The molecule has 2 atom stereocenters. The third-order valence-corrected chi connectivity index (χ3v) is 4.99. The number of nitrogens with one attached hydrogen (secondary N) is 2. The Balaban J connectivity index is 1.78. The second kappa shape index (κ2) is 8.85. The minimum Gasteiger partial charge on any atom is -0.380 e. The largest absolute Gasteiger partial charge is 0.380 e. The third kappa shape index (κ3) is 4.72. The Morgan fingerprint density at radius 3 is 2.76 bits per heavy atom. The maximum atomic E-state index is 12.9. The van der Waals surface area contributed by atoms with Crippen molar-refractivity contribution in [1.29, 1.82) is 0 Å². The van der Waals surface area contributed by atoms with Crippen LogP contribution in [0.5, 0.6) is 0 Å². The van der Waals surface area contributed by atoms with E-state index in [4.69, 9.17) is 4.74 Å². The van der Waals surface area contributed by atoms with Crippen molar-refractivity contribution in [2.45, 2.75) is 38.1 Å². The van der Waals surface area contributed by atoms with E-state index >= 15 is 0 Å². The van der Waals surface area contributed by atoms with Crippen molar-refractivity contribution in [2.24, 2.45) is 5.92 Å². The molecule has 0 radical (unpaired) electrons. The van der Waals surface area contributed by atoms with Crippen LogP contribution in [0.15, 0.2) is 30.3 Å². The summed E-state index contributed by atoms with van der Waals surface area (Å²) in [7, 11) is 0. The lowest BCUT2D eigenvalue weighted by atomic mass is 9.82. The summed E-state index contributed by atoms with van der Waals surface area (Å²) in [6.07, 6.45) is 4.59. The highest BCUT2D eigenvalue weighted by Crippen LogP contribution is 2.29. The van der Waals surface area contributed by atoms with E-state index in [1.54, 1.807) is 0 Å². The zero-order chi connectivity index (χ0) is 17.5. The smallest absolute Gasteiger partial charge is 0.322 e. The fraction of sp³-hybridized carbons (Fsp3) is 0.579. The average molecular weight is 345 g/mol. The van der Waals surface area contributed by atoms with Crippen LogP contribution >= 0.6 is 0 Å². The number of hydrogen-bond acceptors (Lipinski definition) is 3. The van der Waals surface area contributed by atoms with Gasteiger partial charge in [-0.15, -0.1) is 0 Å². The third-order valence-electron chi connectivity index (χ3n) is 4.99. The van der Waals surface area contributed by atoms with Crippen LogP contribution < -0.4 is 10.6 Å². The summed E-state index contributed by atoms with van der Waals surface area (Å²) < 4.78 is 5.54. The van der Waals surface area contributed by atoms with Crippen LogP contribution in [-0.4, -0.2) is 49.2 Å². The van der Waals surface area contributed by atoms with E-state index in [0.717, 1.165) is 37.8 Å². The molecule has 1 aromatic carbocycles. The number of amides is 3. The van der Waals surface area contributed by atoms with Crippen LogP contribution in [-0.2, 0) is 9.53 Å². The van der Waals surface area contributed by atoms with Crippen molar-refractivity contribution < 1.29 is 14.3 Å². The van der Waals surface area contributed by atoms with Gasteiger partial charge in [0.2, 0.25) is 5.91 Å². The molecule has 2 aliphatic rings. The van der Waals surface area contributed by atoms with Gasteiger partial charge < -0.3 is 20.3 Å². The molecule has 3 amide bonds. The number of anilines is 1. The standard InChI is InChI=1S/C19H27N3O3/c23-18-16-9-4-5-10-17(16)22(12-6-13-25-14-11-20-18)19(24)21-15-7-2-1-3-8-15/h1-3,7-8,16-17H,4-6,9-14H2,(H,20,23)(H,21,24)/t16-,17+/m1/s1. The van der Waals surface area contributed by atoms with Crippen molar-refractivity contribution in [3.8, 4) is 0 Å². The predicted octanol–water partition coefficient (Wildman–Crippen LogP) is 2.62. The highest BCUT2D eigenvalue weighted by atomic mass is 16.5. The summed E-state index contributed by atoms with van der Waals surface area (Å²) >= 11 is 0. The van der Waals surface area contributed by atoms with Gasteiger partial charge in [0.15, 0.2) is 0 Å². The van der Waals surface area contributed by atoms with E-state index in [0.29, 0.717) is 26.3 Å². The van der Waals surface area contributed by atoms with E-state index in [2.05, 4.69) is 10.6 Å². The summed E-state index contributed by atoms with van der Waals surface area (Å²) in [6.45, 7) is 2.27. The van der Waals surface area contributed by atoms with Gasteiger partial charge in [0.25, 0.3) is 0 Å². The minimum atomic E-state index is -0.131.